The maximum absolute atomic E-state index is 14.1. The van der Waals surface area contributed by atoms with Crippen LogP contribution in [0.15, 0.2) is 48.6 Å². The number of ether oxygens (including phenoxy) is 2. The van der Waals surface area contributed by atoms with Crippen LogP contribution >= 0.6 is 0 Å². The highest BCUT2D eigenvalue weighted by molar-refractivity contribution is 5.86. The van der Waals surface area contributed by atoms with Crippen LogP contribution in [0.5, 0.6) is 0 Å². The molecule has 0 radical (unpaired) electrons. The monoisotopic (exact) mass is 783 g/mol. The normalized spacial score (nSPS) is 16.3. The largest absolute Gasteiger partial charge is 0.462 e. The van der Waals surface area contributed by atoms with Crippen LogP contribution in [-0.4, -0.2) is 73.6 Å². The molecule has 0 spiro atoms. The van der Waals surface area contributed by atoms with Crippen LogP contribution in [0.1, 0.15) is 188 Å². The van der Waals surface area contributed by atoms with E-state index in [1.54, 1.807) is 4.90 Å². The second kappa shape index (κ2) is 35.5. The van der Waals surface area contributed by atoms with Gasteiger partial charge in [0.2, 0.25) is 5.91 Å². The molecular formula is C49H86N2O5. The third-order valence-electron chi connectivity index (χ3n) is 10.8. The number of hydrogen-bond donors (Lipinski definition) is 0. The van der Waals surface area contributed by atoms with Gasteiger partial charge in [0.15, 0.2) is 0 Å². The molecule has 1 aliphatic rings. The van der Waals surface area contributed by atoms with E-state index in [2.05, 4.69) is 76.3 Å². The summed E-state index contributed by atoms with van der Waals surface area (Å²) in [5, 5.41) is 0. The van der Waals surface area contributed by atoms with E-state index in [4.69, 9.17) is 9.47 Å². The van der Waals surface area contributed by atoms with Gasteiger partial charge in [-0.15, -0.1) is 0 Å². The van der Waals surface area contributed by atoms with Gasteiger partial charge < -0.3 is 19.3 Å². The van der Waals surface area contributed by atoms with E-state index in [1.165, 1.54) is 77.0 Å². The van der Waals surface area contributed by atoms with Crippen LogP contribution in [0.3, 0.4) is 0 Å². The zero-order valence-electron chi connectivity index (χ0n) is 37.2. The van der Waals surface area contributed by atoms with Gasteiger partial charge in [-0.05, 0) is 117 Å². The van der Waals surface area contributed by atoms with Gasteiger partial charge in [0.05, 0.1) is 11.8 Å². The fourth-order valence-corrected chi connectivity index (χ4v) is 7.11. The van der Waals surface area contributed by atoms with E-state index in [0.29, 0.717) is 13.0 Å². The zero-order chi connectivity index (χ0) is 41.1. The Labute approximate surface area is 345 Å². The molecule has 0 saturated carbocycles. The minimum absolute atomic E-state index is 0.0391. The molecule has 1 rings (SSSR count). The Balaban J connectivity index is 3.15. The SMILES string of the molecule is CCCCC/C=C\CCC(CC/C=C\CCCCC)OC(=O)C1CN(C(=O)CCN(C)C)CC1C(=O)OC(CC/C=C\CCCCC)CC/C=C\CCCCC. The predicted molar refractivity (Wildman–Crippen MR) is 237 cm³/mol. The van der Waals surface area contributed by atoms with Crippen LogP contribution in [0, 0.1) is 11.8 Å². The summed E-state index contributed by atoms with van der Waals surface area (Å²) in [4.78, 5) is 45.3. The molecule has 1 aliphatic heterocycles. The summed E-state index contributed by atoms with van der Waals surface area (Å²) in [6, 6.07) is 0. The Morgan fingerprint density at radius 1 is 0.518 bits per heavy atom. The Morgan fingerprint density at radius 2 is 0.821 bits per heavy atom. The molecule has 0 aromatic rings. The lowest BCUT2D eigenvalue weighted by atomic mass is 9.95. The summed E-state index contributed by atoms with van der Waals surface area (Å²) >= 11 is 0. The maximum atomic E-state index is 14.1. The summed E-state index contributed by atoms with van der Waals surface area (Å²) in [6.45, 7) is 9.87. The van der Waals surface area contributed by atoms with Gasteiger partial charge in [0.25, 0.3) is 0 Å². The molecule has 0 aliphatic carbocycles. The van der Waals surface area contributed by atoms with Crippen LogP contribution in [0.2, 0.25) is 0 Å². The topological polar surface area (TPSA) is 76.2 Å². The Kier molecular flexibility index (Phi) is 32.5. The summed E-state index contributed by atoms with van der Waals surface area (Å²) in [7, 11) is 3.89. The first kappa shape index (κ1) is 51.3. The Bertz CT molecular complexity index is 990. The van der Waals surface area contributed by atoms with Crippen LogP contribution < -0.4 is 0 Å². The average molecular weight is 783 g/mol. The third kappa shape index (κ3) is 26.3. The molecule has 1 heterocycles. The number of nitrogens with zero attached hydrogens (tertiary/aromatic N) is 2. The molecule has 0 aromatic carbocycles. The highest BCUT2D eigenvalue weighted by Crippen LogP contribution is 2.29. The van der Waals surface area contributed by atoms with Crippen molar-refractivity contribution in [1.82, 2.24) is 9.80 Å². The number of allylic oxidation sites excluding steroid dienone is 8. The van der Waals surface area contributed by atoms with E-state index in [9.17, 15) is 14.4 Å². The van der Waals surface area contributed by atoms with Gasteiger partial charge >= 0.3 is 11.9 Å². The molecule has 1 saturated heterocycles. The van der Waals surface area contributed by atoms with E-state index >= 15 is 0 Å². The molecule has 322 valence electrons. The number of hydrogen-bond acceptors (Lipinski definition) is 6. The number of amides is 1. The number of likely N-dealkylation sites (tertiary alicyclic amines) is 1. The zero-order valence-corrected chi connectivity index (χ0v) is 37.2. The molecule has 2 atom stereocenters. The molecule has 0 aromatic heterocycles. The van der Waals surface area contributed by atoms with Crippen molar-refractivity contribution >= 4 is 17.8 Å². The van der Waals surface area contributed by atoms with Crippen molar-refractivity contribution in [3.63, 3.8) is 0 Å². The van der Waals surface area contributed by atoms with Gasteiger partial charge in [0, 0.05) is 26.1 Å². The fourth-order valence-electron chi connectivity index (χ4n) is 7.11. The number of carbonyl (C=O) groups excluding carboxylic acids is 3. The fraction of sp³-hybridized carbons (Fsp3) is 0.776. The lowest BCUT2D eigenvalue weighted by Gasteiger charge is -2.23. The highest BCUT2D eigenvalue weighted by atomic mass is 16.6. The van der Waals surface area contributed by atoms with Gasteiger partial charge in [-0.2, -0.15) is 0 Å². The lowest BCUT2D eigenvalue weighted by Crippen LogP contribution is -2.35. The van der Waals surface area contributed by atoms with Gasteiger partial charge in [-0.25, -0.2) is 0 Å². The number of carbonyl (C=O) groups is 3. The predicted octanol–water partition coefficient (Wildman–Crippen LogP) is 12.5. The van der Waals surface area contributed by atoms with Crippen LogP contribution in [-0.2, 0) is 23.9 Å². The first-order valence-electron chi connectivity index (χ1n) is 23.2. The van der Waals surface area contributed by atoms with E-state index in [0.717, 1.165) is 77.0 Å². The van der Waals surface area contributed by atoms with Gasteiger partial charge in [0.1, 0.15) is 12.2 Å². The van der Waals surface area contributed by atoms with Crippen molar-refractivity contribution < 1.29 is 23.9 Å². The minimum Gasteiger partial charge on any atom is -0.462 e. The Morgan fingerprint density at radius 3 is 1.11 bits per heavy atom. The molecule has 56 heavy (non-hydrogen) atoms. The molecular weight excluding hydrogens is 697 g/mol. The minimum atomic E-state index is -0.736. The van der Waals surface area contributed by atoms with E-state index in [-0.39, 0.29) is 43.1 Å². The van der Waals surface area contributed by atoms with Crippen LogP contribution in [0.25, 0.3) is 0 Å². The van der Waals surface area contributed by atoms with Crippen molar-refractivity contribution in [3.8, 4) is 0 Å². The number of esters is 2. The highest BCUT2D eigenvalue weighted by Gasteiger charge is 2.46. The van der Waals surface area contributed by atoms with Gasteiger partial charge in [-0.3, -0.25) is 14.4 Å². The smallest absolute Gasteiger partial charge is 0.311 e. The Hall–Kier alpha value is -2.67. The molecule has 0 bridgehead atoms. The standard InChI is InChI=1S/C49H86N2O5/c1-7-11-15-19-23-27-31-35-43(36-32-28-24-20-16-12-8-2)55-48(53)45-41-51(47(52)39-40-50(5)6)42-46(45)49(54)56-44(37-33-29-25-21-17-13-9-3)38-34-30-26-22-18-14-10-4/h23-30,43-46H,7-22,31-42H2,1-6H3/b27-23-,28-24-,29-25-,30-26-. The molecule has 1 fully saturated rings. The van der Waals surface area contributed by atoms with Gasteiger partial charge in [-0.1, -0.05) is 128 Å². The second-order valence-corrected chi connectivity index (χ2v) is 16.4. The summed E-state index contributed by atoms with van der Waals surface area (Å²) in [5.41, 5.74) is 0. The third-order valence-corrected chi connectivity index (χ3v) is 10.8. The molecule has 0 N–H and O–H groups in total. The van der Waals surface area contributed by atoms with E-state index < -0.39 is 11.8 Å². The molecule has 7 heteroatoms. The number of unbranched alkanes of at least 4 members (excludes halogenated alkanes) is 12. The van der Waals surface area contributed by atoms with Crippen molar-refractivity contribution in [2.75, 3.05) is 33.7 Å². The number of rotatable bonds is 35. The van der Waals surface area contributed by atoms with Crippen LogP contribution in [0.4, 0.5) is 0 Å². The summed E-state index contributed by atoms with van der Waals surface area (Å²) < 4.78 is 12.6. The summed E-state index contributed by atoms with van der Waals surface area (Å²) in [5.74, 6) is -2.26. The van der Waals surface area contributed by atoms with Crippen molar-refractivity contribution in [2.45, 2.75) is 200 Å². The van der Waals surface area contributed by atoms with E-state index in [1.807, 2.05) is 19.0 Å². The van der Waals surface area contributed by atoms with Crippen molar-refractivity contribution in [3.05, 3.63) is 48.6 Å². The first-order valence-corrected chi connectivity index (χ1v) is 23.2. The quantitative estimate of drug-likeness (QED) is 0.0362. The van der Waals surface area contributed by atoms with Crippen molar-refractivity contribution in [2.24, 2.45) is 11.8 Å². The summed E-state index contributed by atoms with van der Waals surface area (Å²) in [6.07, 6.45) is 43.0. The molecule has 1 amide bonds. The maximum Gasteiger partial charge on any atom is 0.311 e. The first-order chi connectivity index (χ1) is 27.3. The second-order valence-electron chi connectivity index (χ2n) is 16.4. The lowest BCUT2D eigenvalue weighted by molar-refractivity contribution is -0.165. The van der Waals surface area contributed by atoms with Crippen molar-refractivity contribution in [1.29, 1.82) is 0 Å². The average Bonchev–Trinajstić information content (AvgIpc) is 3.64. The molecule has 7 nitrogen and oxygen atoms in total. The molecule has 2 unspecified atom stereocenters.